The first-order valence-electron chi connectivity index (χ1n) is 13.0. The van der Waals surface area contributed by atoms with Gasteiger partial charge in [-0.05, 0) is 49.9 Å². The lowest BCUT2D eigenvalue weighted by Crippen LogP contribution is -2.49. The van der Waals surface area contributed by atoms with Crippen LogP contribution >= 0.6 is 11.6 Å². The fourth-order valence-corrected chi connectivity index (χ4v) is 5.14. The molecule has 0 radical (unpaired) electrons. The Hall–Kier alpha value is -4.03. The molecule has 210 valence electrons. The molecule has 1 aliphatic carbocycles. The number of carbonyl (C=O) groups is 4. The van der Waals surface area contributed by atoms with E-state index in [1.165, 1.54) is 23.2 Å². The molecule has 1 saturated heterocycles. The monoisotopic (exact) mass is 568 g/mol. The van der Waals surface area contributed by atoms with Gasteiger partial charge in [-0.1, -0.05) is 11.6 Å². The molecule has 4 amide bonds. The number of amides is 4. The van der Waals surface area contributed by atoms with Gasteiger partial charge >= 0.3 is 0 Å². The van der Waals surface area contributed by atoms with E-state index in [1.807, 2.05) is 4.90 Å². The number of pyridine rings is 2. The molecule has 0 unspecified atom stereocenters. The number of rotatable bonds is 6. The number of halogens is 1. The molecule has 0 spiro atoms. The van der Waals surface area contributed by atoms with Crippen LogP contribution in [0.4, 0.5) is 11.4 Å². The minimum Gasteiger partial charge on any atom is -0.447 e. The summed E-state index contributed by atoms with van der Waals surface area (Å²) < 4.78 is 11.1. The van der Waals surface area contributed by atoms with E-state index < -0.39 is 5.91 Å². The molecule has 5 rings (SSSR count). The summed E-state index contributed by atoms with van der Waals surface area (Å²) in [6.45, 7) is 1.17. The van der Waals surface area contributed by atoms with Crippen molar-refractivity contribution in [3.63, 3.8) is 0 Å². The largest absolute Gasteiger partial charge is 0.447 e. The number of nitrogens with one attached hydrogen (secondary N) is 2. The van der Waals surface area contributed by atoms with Crippen LogP contribution in [0, 0.1) is 5.92 Å². The topological polar surface area (TPSA) is 147 Å². The van der Waals surface area contributed by atoms with Crippen molar-refractivity contribution in [2.75, 3.05) is 44.5 Å². The molecular weight excluding hydrogens is 540 g/mol. The summed E-state index contributed by atoms with van der Waals surface area (Å²) in [5.74, 6) is -1.78. The fraction of sp³-hybridized carbons (Fsp3) is 0.407. The third-order valence-electron chi connectivity index (χ3n) is 7.13. The smallest absolute Gasteiger partial charge is 0.293 e. The molecule has 3 aromatic rings. The maximum atomic E-state index is 13.4. The lowest BCUT2D eigenvalue weighted by atomic mass is 9.84. The van der Waals surface area contributed by atoms with Crippen LogP contribution in [0.1, 0.15) is 46.7 Å². The van der Waals surface area contributed by atoms with E-state index in [4.69, 9.17) is 20.8 Å². The summed E-state index contributed by atoms with van der Waals surface area (Å²) in [6, 6.07) is 6.22. The molecular formula is C27H29ClN6O6. The second kappa shape index (κ2) is 11.6. The number of hydrogen-bond acceptors (Lipinski definition) is 8. The number of carbonyl (C=O) groups excluding carboxylic acids is 4. The van der Waals surface area contributed by atoms with E-state index >= 15 is 0 Å². The number of ether oxygens (including phenoxy) is 1. The van der Waals surface area contributed by atoms with Gasteiger partial charge in [-0.15, -0.1) is 0 Å². The summed E-state index contributed by atoms with van der Waals surface area (Å²) in [5, 5.41) is 5.81. The molecule has 13 heteroatoms. The maximum absolute atomic E-state index is 13.4. The van der Waals surface area contributed by atoms with Crippen LogP contribution in [0.15, 0.2) is 34.9 Å². The number of furan rings is 1. The highest BCUT2D eigenvalue weighted by molar-refractivity contribution is 6.29. The van der Waals surface area contributed by atoms with Gasteiger partial charge < -0.3 is 29.6 Å². The van der Waals surface area contributed by atoms with Gasteiger partial charge in [-0.25, -0.2) is 9.97 Å². The summed E-state index contributed by atoms with van der Waals surface area (Å²) in [4.78, 5) is 63.1. The van der Waals surface area contributed by atoms with Crippen molar-refractivity contribution in [3.8, 4) is 0 Å². The highest BCUT2D eigenvalue weighted by Gasteiger charge is 2.34. The Bertz CT molecular complexity index is 1450. The van der Waals surface area contributed by atoms with E-state index in [0.29, 0.717) is 44.5 Å². The van der Waals surface area contributed by atoms with Crippen molar-refractivity contribution in [2.45, 2.75) is 31.7 Å². The first-order valence-corrected chi connectivity index (χ1v) is 13.3. The van der Waals surface area contributed by atoms with Gasteiger partial charge in [-0.2, -0.15) is 0 Å². The average Bonchev–Trinajstić information content (AvgIpc) is 3.31. The number of nitrogens with zero attached hydrogens (tertiary/aromatic N) is 4. The van der Waals surface area contributed by atoms with Gasteiger partial charge in [0.25, 0.3) is 11.8 Å². The summed E-state index contributed by atoms with van der Waals surface area (Å²) in [5.41, 5.74) is 1.02. The highest BCUT2D eigenvalue weighted by Crippen LogP contribution is 2.34. The van der Waals surface area contributed by atoms with E-state index in [1.54, 1.807) is 26.2 Å². The summed E-state index contributed by atoms with van der Waals surface area (Å²) >= 11 is 5.84. The Balaban J connectivity index is 1.39. The Labute approximate surface area is 235 Å². The lowest BCUT2D eigenvalue weighted by molar-refractivity contribution is -0.146. The number of anilines is 2. The maximum Gasteiger partial charge on any atom is 0.293 e. The molecule has 40 heavy (non-hydrogen) atoms. The predicted molar refractivity (Wildman–Crippen MR) is 146 cm³/mol. The van der Waals surface area contributed by atoms with Crippen LogP contribution in [-0.2, 0) is 14.3 Å². The highest BCUT2D eigenvalue weighted by atomic mass is 35.5. The standard InChI is InChI=1S/C27H29ClN6O6/c1-33(2)27(38)18-8-9-19-22(31-18)23(24(40-19)26(37)30-16-5-10-20(28)29-13-16)32-25(36)15-3-6-17(7-4-15)34-11-12-39-14-21(34)35/h5,8-10,13,15,17H,3-4,6-7,11-12,14H2,1-2H3,(H,30,37)(H,32,36). The molecule has 2 aliphatic rings. The lowest BCUT2D eigenvalue weighted by Gasteiger charge is -2.38. The Morgan fingerprint density at radius 3 is 2.52 bits per heavy atom. The Morgan fingerprint density at radius 2 is 1.85 bits per heavy atom. The third kappa shape index (κ3) is 5.77. The molecule has 0 atom stereocenters. The van der Waals surface area contributed by atoms with Gasteiger partial charge in [0.15, 0.2) is 5.58 Å². The van der Waals surface area contributed by atoms with Gasteiger partial charge in [0.2, 0.25) is 17.6 Å². The van der Waals surface area contributed by atoms with Crippen molar-refractivity contribution in [3.05, 3.63) is 47.1 Å². The van der Waals surface area contributed by atoms with Crippen molar-refractivity contribution in [2.24, 2.45) is 5.92 Å². The van der Waals surface area contributed by atoms with E-state index in [-0.39, 0.29) is 69.7 Å². The van der Waals surface area contributed by atoms with Crippen LogP contribution in [0.2, 0.25) is 5.15 Å². The van der Waals surface area contributed by atoms with Gasteiger partial charge in [0.1, 0.15) is 28.7 Å². The molecule has 2 N–H and O–H groups in total. The van der Waals surface area contributed by atoms with Crippen molar-refractivity contribution < 1.29 is 28.3 Å². The molecule has 4 heterocycles. The fourth-order valence-electron chi connectivity index (χ4n) is 5.03. The Kier molecular flexibility index (Phi) is 7.99. The minimum absolute atomic E-state index is 0.0234. The number of morpholine rings is 1. The zero-order valence-corrected chi connectivity index (χ0v) is 22.9. The Morgan fingerprint density at radius 1 is 1.07 bits per heavy atom. The first kappa shape index (κ1) is 27.5. The van der Waals surface area contributed by atoms with E-state index in [2.05, 4.69) is 20.6 Å². The average molecular weight is 569 g/mol. The van der Waals surface area contributed by atoms with E-state index in [0.717, 1.165) is 0 Å². The van der Waals surface area contributed by atoms with Gasteiger partial charge in [0, 0.05) is 32.6 Å². The molecule has 3 aromatic heterocycles. The number of fused-ring (bicyclic) bond motifs is 1. The van der Waals surface area contributed by atoms with Crippen molar-refractivity contribution in [1.82, 2.24) is 19.8 Å². The van der Waals surface area contributed by atoms with Crippen LogP contribution in [0.3, 0.4) is 0 Å². The van der Waals surface area contributed by atoms with E-state index in [9.17, 15) is 19.2 Å². The second-order valence-corrected chi connectivity index (χ2v) is 10.4. The number of aromatic nitrogens is 2. The molecule has 1 saturated carbocycles. The molecule has 0 aromatic carbocycles. The zero-order chi connectivity index (χ0) is 28.4. The van der Waals surface area contributed by atoms with Gasteiger partial charge in [-0.3, -0.25) is 19.2 Å². The first-order chi connectivity index (χ1) is 19.2. The summed E-state index contributed by atoms with van der Waals surface area (Å²) in [7, 11) is 3.21. The number of hydrogen-bond donors (Lipinski definition) is 2. The van der Waals surface area contributed by atoms with Crippen LogP contribution < -0.4 is 10.6 Å². The third-order valence-corrected chi connectivity index (χ3v) is 7.35. The summed E-state index contributed by atoms with van der Waals surface area (Å²) in [6.07, 6.45) is 3.92. The second-order valence-electron chi connectivity index (χ2n) is 10.0. The molecule has 0 bridgehead atoms. The van der Waals surface area contributed by atoms with Gasteiger partial charge in [0.05, 0.1) is 18.5 Å². The SMILES string of the molecule is CN(C)C(=O)c1ccc2oc(C(=O)Nc3ccc(Cl)nc3)c(NC(=O)C3CCC(N4CCOCC4=O)CC3)c2n1. The minimum atomic E-state index is -0.632. The molecule has 12 nitrogen and oxygen atoms in total. The van der Waals surface area contributed by atoms with Crippen LogP contribution in [-0.4, -0.2) is 83.3 Å². The van der Waals surface area contributed by atoms with Crippen LogP contribution in [0.5, 0.6) is 0 Å². The zero-order valence-electron chi connectivity index (χ0n) is 22.1. The van der Waals surface area contributed by atoms with Crippen molar-refractivity contribution >= 4 is 57.7 Å². The quantitative estimate of drug-likeness (QED) is 0.431. The normalized spacial score (nSPS) is 19.4. The molecule has 2 fully saturated rings. The predicted octanol–water partition coefficient (Wildman–Crippen LogP) is 3.19. The van der Waals surface area contributed by atoms with Crippen LogP contribution in [0.25, 0.3) is 11.1 Å². The van der Waals surface area contributed by atoms with Crippen molar-refractivity contribution in [1.29, 1.82) is 0 Å². The molecule has 1 aliphatic heterocycles.